The molecule has 2 N–H and O–H groups in total. The van der Waals surface area contributed by atoms with Gasteiger partial charge >= 0.3 is 12.0 Å². The van der Waals surface area contributed by atoms with Crippen molar-refractivity contribution in [3.8, 4) is 11.1 Å². The van der Waals surface area contributed by atoms with Crippen LogP contribution in [0.4, 0.5) is 10.5 Å². The molecule has 0 saturated heterocycles. The summed E-state index contributed by atoms with van der Waals surface area (Å²) in [6.45, 7) is 4.36. The highest BCUT2D eigenvalue weighted by Crippen LogP contribution is 2.37. The maximum atomic E-state index is 13.5. The van der Waals surface area contributed by atoms with Crippen molar-refractivity contribution in [1.29, 1.82) is 0 Å². The fraction of sp³-hybridized carbons (Fsp3) is 0.171. The zero-order valence-electron chi connectivity index (χ0n) is 23.7. The second-order valence-electron chi connectivity index (χ2n) is 9.91. The summed E-state index contributed by atoms with van der Waals surface area (Å²) in [5.41, 5.74) is 5.41. The number of carbonyl (C=O) groups is 3. The van der Waals surface area contributed by atoms with Gasteiger partial charge in [-0.25, -0.2) is 9.59 Å². The zero-order chi connectivity index (χ0) is 29.5. The smallest absolute Gasteiger partial charge is 0.338 e. The molecule has 0 bridgehead atoms. The lowest BCUT2D eigenvalue weighted by Gasteiger charge is -2.37. The fourth-order valence-corrected chi connectivity index (χ4v) is 5.12. The van der Waals surface area contributed by atoms with E-state index in [9.17, 15) is 14.4 Å². The zero-order valence-corrected chi connectivity index (χ0v) is 23.7. The Bertz CT molecular complexity index is 1600. The molecule has 7 heteroatoms. The molecule has 5 rings (SSSR count). The van der Waals surface area contributed by atoms with Crippen molar-refractivity contribution in [2.75, 3.05) is 18.5 Å². The van der Waals surface area contributed by atoms with Crippen LogP contribution in [0.15, 0.2) is 115 Å². The molecule has 0 saturated carbocycles. The summed E-state index contributed by atoms with van der Waals surface area (Å²) >= 11 is 0. The predicted molar refractivity (Wildman–Crippen MR) is 165 cm³/mol. The van der Waals surface area contributed by atoms with Crippen LogP contribution < -0.4 is 10.6 Å². The van der Waals surface area contributed by atoms with Crippen molar-refractivity contribution in [3.05, 3.63) is 131 Å². The van der Waals surface area contributed by atoms with E-state index in [-0.39, 0.29) is 18.5 Å². The topological polar surface area (TPSA) is 87.7 Å². The first-order valence-corrected chi connectivity index (χ1v) is 14.1. The average molecular weight is 560 g/mol. The van der Waals surface area contributed by atoms with Crippen LogP contribution in [0.25, 0.3) is 16.8 Å². The fourth-order valence-electron chi connectivity index (χ4n) is 5.12. The first kappa shape index (κ1) is 28.4. The summed E-state index contributed by atoms with van der Waals surface area (Å²) in [6.07, 6.45) is 0.707. The Morgan fingerprint density at radius 2 is 1.45 bits per heavy atom. The Labute approximate surface area is 245 Å². The van der Waals surface area contributed by atoms with E-state index in [1.165, 1.54) is 0 Å². The Balaban J connectivity index is 1.48. The largest absolute Gasteiger partial charge is 0.463 e. The van der Waals surface area contributed by atoms with Gasteiger partial charge in [-0.05, 0) is 59.9 Å². The van der Waals surface area contributed by atoms with Crippen LogP contribution >= 0.6 is 0 Å². The molecule has 0 aliphatic carbocycles. The summed E-state index contributed by atoms with van der Waals surface area (Å²) in [6, 6.07) is 32.9. The Morgan fingerprint density at radius 1 is 0.810 bits per heavy atom. The Hall–Kier alpha value is -5.17. The van der Waals surface area contributed by atoms with Gasteiger partial charge in [0, 0.05) is 17.8 Å². The van der Waals surface area contributed by atoms with E-state index in [2.05, 4.69) is 10.6 Å². The van der Waals surface area contributed by atoms with Gasteiger partial charge < -0.3 is 15.4 Å². The number of anilines is 1. The second-order valence-corrected chi connectivity index (χ2v) is 9.91. The van der Waals surface area contributed by atoms with Crippen molar-refractivity contribution < 1.29 is 19.1 Å². The number of nitrogens with zero attached hydrogens (tertiary/aromatic N) is 1. The minimum Gasteiger partial charge on any atom is -0.463 e. The number of hydrogen-bond donors (Lipinski definition) is 2. The van der Waals surface area contributed by atoms with Gasteiger partial charge in [0.1, 0.15) is 0 Å². The molecule has 4 aromatic rings. The molecule has 1 aliphatic heterocycles. The number of carbonyl (C=O) groups excluding carboxylic acids is 3. The van der Waals surface area contributed by atoms with E-state index in [1.807, 2.05) is 85.8 Å². The van der Waals surface area contributed by atoms with Gasteiger partial charge in [0.15, 0.2) is 0 Å². The van der Waals surface area contributed by atoms with Gasteiger partial charge in [-0.2, -0.15) is 0 Å². The summed E-state index contributed by atoms with van der Waals surface area (Å²) in [4.78, 5) is 41.6. The summed E-state index contributed by atoms with van der Waals surface area (Å²) < 4.78 is 5.50. The van der Waals surface area contributed by atoms with Gasteiger partial charge in [0.25, 0.3) is 5.91 Å². The van der Waals surface area contributed by atoms with Crippen LogP contribution in [0.2, 0.25) is 0 Å². The monoisotopic (exact) mass is 559 g/mol. The predicted octanol–water partition coefficient (Wildman–Crippen LogP) is 7.06. The highest BCUT2D eigenvalue weighted by molar-refractivity contribution is 6.06. The number of ether oxygens (including phenoxy) is 1. The van der Waals surface area contributed by atoms with Gasteiger partial charge in [0.2, 0.25) is 0 Å². The van der Waals surface area contributed by atoms with Crippen LogP contribution in [-0.2, 0) is 9.53 Å². The van der Waals surface area contributed by atoms with Crippen LogP contribution in [0.5, 0.6) is 0 Å². The molecule has 4 aromatic carbocycles. The molecule has 0 fully saturated rings. The normalized spacial score (nSPS) is 14.8. The minimum absolute atomic E-state index is 0.192. The lowest BCUT2D eigenvalue weighted by molar-refractivity contribution is -0.138. The van der Waals surface area contributed by atoms with E-state index < -0.39 is 12.0 Å². The third-order valence-corrected chi connectivity index (χ3v) is 7.05. The molecule has 7 nitrogen and oxygen atoms in total. The highest BCUT2D eigenvalue weighted by Gasteiger charge is 2.38. The molecule has 212 valence electrons. The number of benzene rings is 4. The number of amides is 3. The molecular formula is C35H33N3O4. The van der Waals surface area contributed by atoms with Crippen LogP contribution in [-0.4, -0.2) is 36.0 Å². The molecule has 42 heavy (non-hydrogen) atoms. The Morgan fingerprint density at radius 3 is 2.10 bits per heavy atom. The number of esters is 1. The molecule has 0 aromatic heterocycles. The summed E-state index contributed by atoms with van der Waals surface area (Å²) in [7, 11) is 0. The standard InChI is InChI=1S/C35H33N3O4/c1-3-22-38-32(26-14-9-6-10-15-26)30(34(40)42-4-2)31(37-35(38)41)28-16-11-17-29(23-28)36-33(39)27-20-18-25(19-21-27)24-12-7-5-8-13-24/h5-21,23,31H,3-4,22H2,1-2H3,(H,36,39)(H,37,41). The number of hydrogen-bond acceptors (Lipinski definition) is 4. The SMILES string of the molecule is CCCN1C(=O)NC(c2cccc(NC(=O)c3ccc(-c4ccccc4)cc3)c2)C(C(=O)OCC)=C1c1ccccc1. The van der Waals surface area contributed by atoms with Gasteiger partial charge in [-0.15, -0.1) is 0 Å². The molecular weight excluding hydrogens is 526 g/mol. The quantitative estimate of drug-likeness (QED) is 0.215. The molecule has 1 aliphatic rings. The molecule has 1 unspecified atom stereocenters. The van der Waals surface area contributed by atoms with Crippen molar-refractivity contribution in [2.45, 2.75) is 26.3 Å². The van der Waals surface area contributed by atoms with Crippen molar-refractivity contribution in [2.24, 2.45) is 0 Å². The molecule has 1 heterocycles. The van der Waals surface area contributed by atoms with Crippen molar-refractivity contribution in [3.63, 3.8) is 0 Å². The van der Waals surface area contributed by atoms with E-state index in [0.29, 0.717) is 41.1 Å². The molecule has 0 radical (unpaired) electrons. The van der Waals surface area contributed by atoms with E-state index in [4.69, 9.17) is 4.74 Å². The third kappa shape index (κ3) is 6.10. The first-order valence-electron chi connectivity index (χ1n) is 14.1. The molecule has 3 amide bonds. The maximum absolute atomic E-state index is 13.5. The number of nitrogens with one attached hydrogen (secondary N) is 2. The summed E-state index contributed by atoms with van der Waals surface area (Å²) in [5, 5.41) is 5.96. The van der Waals surface area contributed by atoms with E-state index >= 15 is 0 Å². The summed E-state index contributed by atoms with van der Waals surface area (Å²) in [5.74, 6) is -0.768. The minimum atomic E-state index is -0.776. The highest BCUT2D eigenvalue weighted by atomic mass is 16.5. The van der Waals surface area contributed by atoms with Crippen LogP contribution in [0.3, 0.4) is 0 Å². The van der Waals surface area contributed by atoms with Gasteiger partial charge in [-0.1, -0.05) is 91.9 Å². The first-order chi connectivity index (χ1) is 20.5. The van der Waals surface area contributed by atoms with E-state index in [0.717, 1.165) is 16.7 Å². The van der Waals surface area contributed by atoms with Crippen LogP contribution in [0.1, 0.15) is 47.8 Å². The molecule has 1 atom stereocenters. The maximum Gasteiger partial charge on any atom is 0.338 e. The van der Waals surface area contributed by atoms with Gasteiger partial charge in [-0.3, -0.25) is 9.69 Å². The number of rotatable bonds is 9. The third-order valence-electron chi connectivity index (χ3n) is 7.05. The number of urea groups is 1. The molecule has 0 spiro atoms. The van der Waals surface area contributed by atoms with Crippen molar-refractivity contribution in [1.82, 2.24) is 10.2 Å². The lowest BCUT2D eigenvalue weighted by atomic mass is 9.91. The van der Waals surface area contributed by atoms with E-state index in [1.54, 1.807) is 42.2 Å². The van der Waals surface area contributed by atoms with Crippen molar-refractivity contribution >= 4 is 29.3 Å². The second kappa shape index (κ2) is 13.0. The Kier molecular flexibility index (Phi) is 8.78. The lowest BCUT2D eigenvalue weighted by Crippen LogP contribution is -2.48. The average Bonchev–Trinajstić information content (AvgIpc) is 3.03. The van der Waals surface area contributed by atoms with Gasteiger partial charge in [0.05, 0.1) is 23.9 Å². The van der Waals surface area contributed by atoms with Crippen LogP contribution in [0, 0.1) is 0 Å².